The Bertz CT molecular complexity index is 666. The molecule has 0 spiro atoms. The van der Waals surface area contributed by atoms with Gasteiger partial charge in [0, 0.05) is 29.8 Å². The molecule has 0 saturated carbocycles. The predicted molar refractivity (Wildman–Crippen MR) is 82.9 cm³/mol. The molecule has 0 amide bonds. The molecule has 0 radical (unpaired) electrons. The van der Waals surface area contributed by atoms with Crippen LogP contribution in [0.25, 0.3) is 0 Å². The molecule has 1 fully saturated rings. The van der Waals surface area contributed by atoms with Crippen molar-refractivity contribution in [2.75, 3.05) is 13.6 Å². The molecule has 0 aromatic carbocycles. The summed E-state index contributed by atoms with van der Waals surface area (Å²) in [7, 11) is 2.05. The molecular weight excluding hydrogens is 260 g/mol. The fourth-order valence-electron chi connectivity index (χ4n) is 4.18. The second kappa shape index (κ2) is 3.90. The normalized spacial score (nSPS) is 41.7. The van der Waals surface area contributed by atoms with Crippen molar-refractivity contribution in [3.63, 3.8) is 0 Å². The predicted octanol–water partition coefficient (Wildman–Crippen LogP) is 0.864. The molecule has 4 atom stereocenters. The first kappa shape index (κ1) is 11.8. The lowest BCUT2D eigenvalue weighted by Crippen LogP contribution is -2.58. The Hall–Kier alpha value is -1.78. The van der Waals surface area contributed by atoms with Gasteiger partial charge in [0.1, 0.15) is 0 Å². The Labute approximate surface area is 124 Å². The Morgan fingerprint density at radius 1 is 1.38 bits per heavy atom. The summed E-state index contributed by atoms with van der Waals surface area (Å²) in [6, 6.07) is 0.331. The van der Waals surface area contributed by atoms with Crippen LogP contribution in [0, 0.1) is 11.8 Å². The number of rotatable bonds is 2. The molecule has 5 aliphatic rings. The molecule has 0 aromatic rings. The Balaban J connectivity index is 1.52. The van der Waals surface area contributed by atoms with Crippen molar-refractivity contribution < 1.29 is 0 Å². The van der Waals surface area contributed by atoms with Crippen LogP contribution in [-0.2, 0) is 0 Å². The number of likely N-dealkylation sites (N-methyl/N-ethyl adjacent to an activating group) is 1. The van der Waals surface area contributed by atoms with Crippen molar-refractivity contribution in [3.05, 3.63) is 59.0 Å². The number of fused-ring (bicyclic) bond motifs is 3. The Kier molecular flexibility index (Phi) is 2.20. The van der Waals surface area contributed by atoms with Crippen LogP contribution in [0.1, 0.15) is 6.42 Å². The molecule has 5 rings (SSSR count). The van der Waals surface area contributed by atoms with E-state index in [0.717, 1.165) is 12.5 Å². The number of nitrogens with one attached hydrogen (secondary N) is 4. The third-order valence-corrected chi connectivity index (χ3v) is 5.51. The minimum Gasteiger partial charge on any atom is -0.381 e. The van der Waals surface area contributed by atoms with Gasteiger partial charge >= 0.3 is 0 Å². The van der Waals surface area contributed by atoms with Crippen molar-refractivity contribution >= 4 is 0 Å². The molecule has 4 unspecified atom stereocenters. The van der Waals surface area contributed by atoms with Gasteiger partial charge < -0.3 is 16.1 Å². The summed E-state index contributed by atoms with van der Waals surface area (Å²) in [6.45, 7) is 0.936. The molecule has 4 nitrogen and oxygen atoms in total. The molecule has 0 aromatic heterocycles. The maximum Gasteiger partial charge on any atom is 0.0754 e. The van der Waals surface area contributed by atoms with Crippen LogP contribution in [-0.4, -0.2) is 25.2 Å². The first-order valence-corrected chi connectivity index (χ1v) is 7.79. The lowest BCUT2D eigenvalue weighted by atomic mass is 9.75. The molecule has 108 valence electrons. The van der Waals surface area contributed by atoms with E-state index in [4.69, 9.17) is 0 Å². The highest BCUT2D eigenvalue weighted by Crippen LogP contribution is 2.47. The van der Waals surface area contributed by atoms with Crippen LogP contribution in [0.15, 0.2) is 59.0 Å². The molecule has 4 heteroatoms. The van der Waals surface area contributed by atoms with E-state index >= 15 is 0 Å². The summed E-state index contributed by atoms with van der Waals surface area (Å²) in [5.41, 5.74) is 12.2. The molecule has 2 aliphatic heterocycles. The van der Waals surface area contributed by atoms with Crippen molar-refractivity contribution in [1.29, 1.82) is 0 Å². The lowest BCUT2D eigenvalue weighted by Gasteiger charge is -2.39. The lowest BCUT2D eigenvalue weighted by molar-refractivity contribution is 0.311. The van der Waals surface area contributed by atoms with E-state index in [1.807, 2.05) is 0 Å². The highest BCUT2D eigenvalue weighted by atomic mass is 15.4. The molecule has 4 N–H and O–H groups in total. The van der Waals surface area contributed by atoms with Gasteiger partial charge in [-0.3, -0.25) is 0 Å². The maximum atomic E-state index is 3.56. The zero-order valence-electron chi connectivity index (χ0n) is 12.1. The fraction of sp³-hybridized carbons (Fsp3) is 0.412. The average Bonchev–Trinajstić information content (AvgIpc) is 2.93. The van der Waals surface area contributed by atoms with Crippen molar-refractivity contribution in [2.45, 2.75) is 18.0 Å². The molecular formula is C17H20N4. The number of allylic oxidation sites excluding steroid dienone is 4. The van der Waals surface area contributed by atoms with E-state index in [9.17, 15) is 0 Å². The van der Waals surface area contributed by atoms with E-state index in [0.29, 0.717) is 12.0 Å². The Morgan fingerprint density at radius 3 is 3.24 bits per heavy atom. The third kappa shape index (κ3) is 1.57. The van der Waals surface area contributed by atoms with Gasteiger partial charge in [-0.15, -0.1) is 0 Å². The largest absolute Gasteiger partial charge is 0.381 e. The smallest absolute Gasteiger partial charge is 0.0754 e. The SMILES string of the molecule is CNC1(C2NNC3=CC4=CC4CC32)C=CC2=CCNC2=C1. The molecule has 21 heavy (non-hydrogen) atoms. The molecule has 0 bridgehead atoms. The van der Waals surface area contributed by atoms with Gasteiger partial charge in [0.15, 0.2) is 0 Å². The van der Waals surface area contributed by atoms with Gasteiger partial charge in [-0.25, -0.2) is 5.43 Å². The first-order chi connectivity index (χ1) is 10.3. The molecule has 2 heterocycles. The van der Waals surface area contributed by atoms with Crippen molar-refractivity contribution in [3.8, 4) is 0 Å². The molecule has 1 saturated heterocycles. The summed E-state index contributed by atoms with van der Waals surface area (Å²) in [5.74, 6) is 1.26. The fourth-order valence-corrected chi connectivity index (χ4v) is 4.18. The van der Waals surface area contributed by atoms with Crippen LogP contribution in [0.2, 0.25) is 0 Å². The summed E-state index contributed by atoms with van der Waals surface area (Å²) >= 11 is 0. The van der Waals surface area contributed by atoms with Crippen molar-refractivity contribution in [2.24, 2.45) is 11.8 Å². The minimum absolute atomic E-state index is 0.149. The summed E-state index contributed by atoms with van der Waals surface area (Å²) in [5, 5.41) is 7.02. The van der Waals surface area contributed by atoms with E-state index in [2.05, 4.69) is 65.0 Å². The van der Waals surface area contributed by atoms with Crippen LogP contribution in [0.4, 0.5) is 0 Å². The summed E-state index contributed by atoms with van der Waals surface area (Å²) in [6.07, 6.45) is 15.1. The third-order valence-electron chi connectivity index (χ3n) is 5.51. The van der Waals surface area contributed by atoms with Gasteiger partial charge in [0.25, 0.3) is 0 Å². The van der Waals surface area contributed by atoms with Crippen LogP contribution < -0.4 is 21.5 Å². The zero-order chi connectivity index (χ0) is 14.0. The minimum atomic E-state index is -0.149. The van der Waals surface area contributed by atoms with Gasteiger partial charge in [-0.2, -0.15) is 0 Å². The standard InChI is InChI=1S/C17H20N4/c1-18-17(4-2-10-3-5-19-15(10)9-17)16-13-7-11-6-12(11)8-14(13)20-21-16/h2-4,6,8-9,11,13,16,18-21H,5,7H2,1H3. The summed E-state index contributed by atoms with van der Waals surface area (Å²) in [4.78, 5) is 0. The highest BCUT2D eigenvalue weighted by molar-refractivity contribution is 5.53. The van der Waals surface area contributed by atoms with Crippen LogP contribution in [0.3, 0.4) is 0 Å². The number of hydrogen-bond acceptors (Lipinski definition) is 4. The topological polar surface area (TPSA) is 48.1 Å². The highest BCUT2D eigenvalue weighted by Gasteiger charge is 2.49. The second-order valence-electron chi connectivity index (χ2n) is 6.58. The van der Waals surface area contributed by atoms with E-state index in [1.165, 1.54) is 29.0 Å². The number of hydrogen-bond donors (Lipinski definition) is 4. The first-order valence-electron chi connectivity index (χ1n) is 7.79. The van der Waals surface area contributed by atoms with Gasteiger partial charge in [-0.1, -0.05) is 24.3 Å². The van der Waals surface area contributed by atoms with Crippen molar-refractivity contribution in [1.82, 2.24) is 21.5 Å². The summed E-state index contributed by atoms with van der Waals surface area (Å²) < 4.78 is 0. The van der Waals surface area contributed by atoms with E-state index < -0.39 is 0 Å². The van der Waals surface area contributed by atoms with Crippen LogP contribution in [0.5, 0.6) is 0 Å². The quantitative estimate of drug-likeness (QED) is 0.606. The molecule has 3 aliphatic carbocycles. The van der Waals surface area contributed by atoms with Crippen LogP contribution >= 0.6 is 0 Å². The van der Waals surface area contributed by atoms with Gasteiger partial charge in [0.05, 0.1) is 11.6 Å². The Morgan fingerprint density at radius 2 is 2.33 bits per heavy atom. The van der Waals surface area contributed by atoms with Gasteiger partial charge in [0.2, 0.25) is 0 Å². The zero-order valence-corrected chi connectivity index (χ0v) is 12.1. The second-order valence-corrected chi connectivity index (χ2v) is 6.58. The number of hydrazine groups is 1. The van der Waals surface area contributed by atoms with E-state index in [1.54, 1.807) is 0 Å². The van der Waals surface area contributed by atoms with E-state index in [-0.39, 0.29) is 5.54 Å². The average molecular weight is 280 g/mol. The monoisotopic (exact) mass is 280 g/mol. The van der Waals surface area contributed by atoms with Gasteiger partial charge in [-0.05, 0) is 36.8 Å². The maximum absolute atomic E-state index is 3.56.